The maximum atomic E-state index is 14.0. The number of aliphatic hydroxyl groups is 1. The van der Waals surface area contributed by atoms with Gasteiger partial charge in [-0.1, -0.05) is 18.2 Å². The molecular formula is C28H32N4O6S. The lowest BCUT2D eigenvalue weighted by Crippen LogP contribution is -2.51. The molecule has 1 N–H and O–H groups in total. The Morgan fingerprint density at radius 3 is 2.28 bits per heavy atom. The van der Waals surface area contributed by atoms with Crippen LogP contribution in [-0.4, -0.2) is 92.5 Å². The van der Waals surface area contributed by atoms with Crippen molar-refractivity contribution in [1.29, 1.82) is 0 Å². The molecule has 3 aliphatic heterocycles. The number of hydrogen-bond acceptors (Lipinski definition) is 7. The largest absolute Gasteiger partial charge is 0.507 e. The fourth-order valence-electron chi connectivity index (χ4n) is 5.82. The maximum absolute atomic E-state index is 14.0. The Morgan fingerprint density at radius 2 is 1.64 bits per heavy atom. The van der Waals surface area contributed by atoms with Crippen LogP contribution in [0.15, 0.2) is 59.0 Å². The van der Waals surface area contributed by atoms with Crippen LogP contribution in [0, 0.1) is 0 Å². The molecule has 1 atom stereocenters. The number of aliphatic hydroxyl groups excluding tert-OH is 1. The van der Waals surface area contributed by atoms with E-state index in [1.54, 1.807) is 31.3 Å². The van der Waals surface area contributed by atoms with Gasteiger partial charge in [0.1, 0.15) is 5.76 Å². The van der Waals surface area contributed by atoms with Crippen LogP contribution in [0.25, 0.3) is 5.76 Å². The monoisotopic (exact) mass is 552 g/mol. The SMILES string of the molecule is CN(C)CCCN1C(=O)C(=O)/C(=C(/O)c2ccc(S(=O)(=O)N3CCCC3)cc2)C12C(=O)N(C)c1ccccc12. The number of Topliss-reactive ketones (excluding diaryl/α,β-unsaturated/α-hetero) is 1. The van der Waals surface area contributed by atoms with Gasteiger partial charge in [-0.25, -0.2) is 8.42 Å². The van der Waals surface area contributed by atoms with Crippen molar-refractivity contribution in [3.8, 4) is 0 Å². The highest BCUT2D eigenvalue weighted by atomic mass is 32.2. The summed E-state index contributed by atoms with van der Waals surface area (Å²) in [6.45, 7) is 1.66. The van der Waals surface area contributed by atoms with Crippen LogP contribution in [0.1, 0.15) is 30.4 Å². The smallest absolute Gasteiger partial charge is 0.296 e. The van der Waals surface area contributed by atoms with E-state index in [4.69, 9.17) is 0 Å². The zero-order chi connectivity index (χ0) is 28.1. The lowest BCUT2D eigenvalue weighted by atomic mass is 9.82. The second-order valence-corrected chi connectivity index (χ2v) is 12.3. The third-order valence-electron chi connectivity index (χ3n) is 7.76. The normalized spacial score (nSPS) is 23.0. The first kappa shape index (κ1) is 27.0. The summed E-state index contributed by atoms with van der Waals surface area (Å²) in [5.41, 5.74) is -1.01. The Labute approximate surface area is 228 Å². The van der Waals surface area contributed by atoms with Gasteiger partial charge < -0.3 is 19.8 Å². The number of ketones is 1. The molecule has 0 bridgehead atoms. The van der Waals surface area contributed by atoms with Crippen molar-refractivity contribution < 1.29 is 27.9 Å². The molecule has 10 nitrogen and oxygen atoms in total. The number of rotatable bonds is 7. The van der Waals surface area contributed by atoms with Crippen LogP contribution in [0.5, 0.6) is 0 Å². The second-order valence-electron chi connectivity index (χ2n) is 10.4. The minimum atomic E-state index is -3.68. The van der Waals surface area contributed by atoms with Crippen molar-refractivity contribution in [2.24, 2.45) is 0 Å². The Balaban J connectivity index is 1.65. The van der Waals surface area contributed by atoms with E-state index in [2.05, 4.69) is 0 Å². The molecule has 39 heavy (non-hydrogen) atoms. The van der Waals surface area contributed by atoms with Crippen molar-refractivity contribution in [2.45, 2.75) is 29.7 Å². The number of hydrogen-bond donors (Lipinski definition) is 1. The standard InChI is InChI=1S/C28H32N4O6S/c1-29(2)15-8-18-32-26(35)25(34)23(28(32)21-9-4-5-10-22(21)30(3)27(28)36)24(33)19-11-13-20(14-12-19)39(37,38)31-16-6-7-17-31/h4-5,9-14,33H,6-8,15-18H2,1-3H3/b24-23-. The number of carbonyl (C=O) groups is 3. The molecule has 1 unspecified atom stereocenters. The lowest BCUT2D eigenvalue weighted by Gasteiger charge is -2.34. The minimum Gasteiger partial charge on any atom is -0.507 e. The molecule has 0 saturated carbocycles. The molecule has 3 heterocycles. The molecule has 206 valence electrons. The van der Waals surface area contributed by atoms with Gasteiger partial charge in [0.15, 0.2) is 5.54 Å². The van der Waals surface area contributed by atoms with E-state index in [1.165, 1.54) is 38.4 Å². The summed E-state index contributed by atoms with van der Waals surface area (Å²) in [5.74, 6) is -2.85. The van der Waals surface area contributed by atoms with Gasteiger partial charge in [0.05, 0.1) is 10.5 Å². The Hall–Kier alpha value is -3.54. The minimum absolute atomic E-state index is 0.0711. The average molecular weight is 553 g/mol. The van der Waals surface area contributed by atoms with Gasteiger partial charge in [0.2, 0.25) is 10.0 Å². The van der Waals surface area contributed by atoms with Crippen molar-refractivity contribution in [1.82, 2.24) is 14.1 Å². The summed E-state index contributed by atoms with van der Waals surface area (Å²) < 4.78 is 27.4. The zero-order valence-electron chi connectivity index (χ0n) is 22.3. The quantitative estimate of drug-likeness (QED) is 0.317. The van der Waals surface area contributed by atoms with Gasteiger partial charge in [0.25, 0.3) is 17.6 Å². The molecule has 2 aromatic carbocycles. The van der Waals surface area contributed by atoms with Gasteiger partial charge in [-0.3, -0.25) is 14.4 Å². The van der Waals surface area contributed by atoms with E-state index in [9.17, 15) is 27.9 Å². The van der Waals surface area contributed by atoms with E-state index in [1.807, 2.05) is 19.0 Å². The molecule has 2 fully saturated rings. The first-order chi connectivity index (χ1) is 18.5. The van der Waals surface area contributed by atoms with Gasteiger partial charge in [-0.2, -0.15) is 4.31 Å². The molecule has 5 rings (SSSR count). The van der Waals surface area contributed by atoms with Gasteiger partial charge in [0, 0.05) is 43.5 Å². The first-order valence-electron chi connectivity index (χ1n) is 13.0. The molecule has 3 aliphatic rings. The van der Waals surface area contributed by atoms with E-state index >= 15 is 0 Å². The number of carbonyl (C=O) groups excluding carboxylic acids is 3. The summed E-state index contributed by atoms with van der Waals surface area (Å²) >= 11 is 0. The number of fused-ring (bicyclic) bond motifs is 2. The Bertz CT molecular complexity index is 1480. The summed E-state index contributed by atoms with van der Waals surface area (Å²) in [7, 11) is 1.68. The molecule has 1 spiro atoms. The molecule has 2 amide bonds. The van der Waals surface area contributed by atoms with E-state index in [-0.39, 0.29) is 22.6 Å². The number of anilines is 1. The second kappa shape index (κ2) is 9.89. The van der Waals surface area contributed by atoms with Crippen LogP contribution in [0.2, 0.25) is 0 Å². The Morgan fingerprint density at radius 1 is 1.00 bits per heavy atom. The third kappa shape index (κ3) is 4.07. The van der Waals surface area contributed by atoms with Crippen LogP contribution in [0.3, 0.4) is 0 Å². The van der Waals surface area contributed by atoms with Crippen molar-refractivity contribution in [2.75, 3.05) is 52.2 Å². The number of nitrogens with zero attached hydrogens (tertiary/aromatic N) is 4. The van der Waals surface area contributed by atoms with Crippen LogP contribution in [-0.2, 0) is 29.9 Å². The number of benzene rings is 2. The zero-order valence-corrected chi connectivity index (χ0v) is 23.1. The van der Waals surface area contributed by atoms with E-state index in [0.29, 0.717) is 37.3 Å². The molecule has 2 aromatic rings. The van der Waals surface area contributed by atoms with Gasteiger partial charge in [-0.15, -0.1) is 0 Å². The predicted octanol–water partition coefficient (Wildman–Crippen LogP) is 1.98. The number of sulfonamides is 1. The topological polar surface area (TPSA) is 119 Å². The summed E-state index contributed by atoms with van der Waals surface area (Å²) in [5, 5.41) is 11.5. The average Bonchev–Trinajstić information content (AvgIpc) is 3.60. The number of para-hydroxylation sites is 1. The molecule has 11 heteroatoms. The molecule has 0 aliphatic carbocycles. The van der Waals surface area contributed by atoms with Crippen LogP contribution >= 0.6 is 0 Å². The molecular weight excluding hydrogens is 520 g/mol. The van der Waals surface area contributed by atoms with Crippen LogP contribution < -0.4 is 4.90 Å². The van der Waals surface area contributed by atoms with Crippen molar-refractivity contribution in [3.05, 3.63) is 65.2 Å². The van der Waals surface area contributed by atoms with Crippen LogP contribution in [0.4, 0.5) is 5.69 Å². The number of likely N-dealkylation sites (tertiary alicyclic amines) is 1. The van der Waals surface area contributed by atoms with Crippen molar-refractivity contribution in [3.63, 3.8) is 0 Å². The molecule has 2 saturated heterocycles. The highest BCUT2D eigenvalue weighted by molar-refractivity contribution is 7.89. The van der Waals surface area contributed by atoms with Crippen molar-refractivity contribution >= 4 is 39.1 Å². The molecule has 0 aromatic heterocycles. The highest BCUT2D eigenvalue weighted by Gasteiger charge is 2.66. The maximum Gasteiger partial charge on any atom is 0.296 e. The lowest BCUT2D eigenvalue weighted by molar-refractivity contribution is -0.143. The number of amides is 2. The number of likely N-dealkylation sites (N-methyl/N-ethyl adjacent to an activating group) is 1. The highest BCUT2D eigenvalue weighted by Crippen LogP contribution is 2.53. The summed E-state index contributed by atoms with van der Waals surface area (Å²) in [4.78, 5) is 45.7. The fraction of sp³-hybridized carbons (Fsp3) is 0.393. The fourth-order valence-corrected chi connectivity index (χ4v) is 7.34. The van der Waals surface area contributed by atoms with E-state index in [0.717, 1.165) is 12.8 Å². The van der Waals surface area contributed by atoms with Gasteiger partial charge in [-0.05, 0) is 70.2 Å². The summed E-state index contributed by atoms with van der Waals surface area (Å²) in [6.07, 6.45) is 2.11. The Kier molecular flexibility index (Phi) is 6.86. The predicted molar refractivity (Wildman–Crippen MR) is 145 cm³/mol. The first-order valence-corrected chi connectivity index (χ1v) is 14.4. The van der Waals surface area contributed by atoms with E-state index < -0.39 is 38.9 Å². The molecule has 0 radical (unpaired) electrons. The van der Waals surface area contributed by atoms with Gasteiger partial charge >= 0.3 is 0 Å². The summed E-state index contributed by atoms with van der Waals surface area (Å²) in [6, 6.07) is 12.5. The third-order valence-corrected chi connectivity index (χ3v) is 9.67.